The molecule has 1 aromatic heterocycles. The smallest absolute Gasteiger partial charge is 0.0893 e. The van der Waals surface area contributed by atoms with Gasteiger partial charge in [-0.3, -0.25) is 15.4 Å². The molecule has 0 amide bonds. The lowest BCUT2D eigenvalue weighted by Crippen LogP contribution is -1.91. The van der Waals surface area contributed by atoms with Gasteiger partial charge in [0, 0.05) is 12.4 Å². The Labute approximate surface area is 117 Å². The highest BCUT2D eigenvalue weighted by molar-refractivity contribution is 5.86. The van der Waals surface area contributed by atoms with Gasteiger partial charge in [-0.1, -0.05) is 18.2 Å². The second-order valence-electron chi connectivity index (χ2n) is 4.54. The van der Waals surface area contributed by atoms with Gasteiger partial charge in [-0.25, -0.2) is 0 Å². The summed E-state index contributed by atoms with van der Waals surface area (Å²) >= 11 is 0. The number of fused-ring (bicyclic) bond motifs is 1. The first kappa shape index (κ1) is 12.3. The third-order valence-corrected chi connectivity index (χ3v) is 2.92. The van der Waals surface area contributed by atoms with Crippen LogP contribution in [0.3, 0.4) is 0 Å². The first-order chi connectivity index (χ1) is 9.81. The Morgan fingerprint density at radius 1 is 1.00 bits per heavy atom. The minimum atomic E-state index is 0.868. The predicted molar refractivity (Wildman–Crippen MR) is 81.9 cm³/mol. The van der Waals surface area contributed by atoms with E-state index in [-0.39, 0.29) is 0 Å². The standard InChI is InChI=1S/C16H14N4/c1-12-3-2-4-14(9-12)20-19-11-13-5-6-15-16(10-13)18-8-7-17-15/h2-11,20H,1H3/b19-11+. The van der Waals surface area contributed by atoms with Crippen molar-refractivity contribution < 1.29 is 0 Å². The van der Waals surface area contributed by atoms with Crippen molar-refractivity contribution in [1.29, 1.82) is 0 Å². The van der Waals surface area contributed by atoms with Crippen LogP contribution in [0.4, 0.5) is 5.69 Å². The molecule has 0 saturated heterocycles. The third kappa shape index (κ3) is 2.80. The second kappa shape index (κ2) is 5.48. The first-order valence-electron chi connectivity index (χ1n) is 6.38. The molecule has 0 aliphatic heterocycles. The van der Waals surface area contributed by atoms with Crippen LogP contribution in [0.1, 0.15) is 11.1 Å². The van der Waals surface area contributed by atoms with E-state index in [0.29, 0.717) is 0 Å². The van der Waals surface area contributed by atoms with Crippen molar-refractivity contribution >= 4 is 22.9 Å². The Bertz CT molecular complexity index is 765. The minimum Gasteiger partial charge on any atom is -0.278 e. The first-order valence-corrected chi connectivity index (χ1v) is 6.38. The summed E-state index contributed by atoms with van der Waals surface area (Å²) < 4.78 is 0. The fourth-order valence-electron chi connectivity index (χ4n) is 1.96. The number of aryl methyl sites for hydroxylation is 1. The van der Waals surface area contributed by atoms with Crippen LogP contribution in [0, 0.1) is 6.92 Å². The summed E-state index contributed by atoms with van der Waals surface area (Å²) in [6.07, 6.45) is 5.15. The average Bonchev–Trinajstić information content (AvgIpc) is 2.47. The van der Waals surface area contributed by atoms with Crippen molar-refractivity contribution in [3.8, 4) is 0 Å². The number of anilines is 1. The van der Waals surface area contributed by atoms with Crippen LogP contribution in [0.2, 0.25) is 0 Å². The van der Waals surface area contributed by atoms with Gasteiger partial charge in [-0.2, -0.15) is 5.10 Å². The Kier molecular flexibility index (Phi) is 3.37. The molecular weight excluding hydrogens is 248 g/mol. The van der Waals surface area contributed by atoms with Crippen molar-refractivity contribution in [2.75, 3.05) is 5.43 Å². The molecule has 0 spiro atoms. The van der Waals surface area contributed by atoms with Gasteiger partial charge in [0.25, 0.3) is 0 Å². The molecule has 3 rings (SSSR count). The molecule has 0 aliphatic carbocycles. The number of nitrogens with zero attached hydrogens (tertiary/aromatic N) is 3. The zero-order valence-corrected chi connectivity index (χ0v) is 11.1. The van der Waals surface area contributed by atoms with Crippen LogP contribution in [0.25, 0.3) is 11.0 Å². The van der Waals surface area contributed by atoms with Gasteiger partial charge in [0.2, 0.25) is 0 Å². The Morgan fingerprint density at radius 2 is 1.85 bits per heavy atom. The number of hydrogen-bond donors (Lipinski definition) is 1. The Morgan fingerprint density at radius 3 is 2.70 bits per heavy atom. The Balaban J connectivity index is 1.77. The van der Waals surface area contributed by atoms with E-state index >= 15 is 0 Å². The van der Waals surface area contributed by atoms with E-state index in [9.17, 15) is 0 Å². The monoisotopic (exact) mass is 262 g/mol. The second-order valence-corrected chi connectivity index (χ2v) is 4.54. The summed E-state index contributed by atoms with van der Waals surface area (Å²) in [7, 11) is 0. The molecule has 1 N–H and O–H groups in total. The maximum Gasteiger partial charge on any atom is 0.0893 e. The summed E-state index contributed by atoms with van der Waals surface area (Å²) in [6.45, 7) is 2.05. The van der Waals surface area contributed by atoms with Crippen LogP contribution >= 0.6 is 0 Å². The molecule has 0 radical (unpaired) electrons. The highest BCUT2D eigenvalue weighted by atomic mass is 15.3. The van der Waals surface area contributed by atoms with E-state index in [1.54, 1.807) is 18.6 Å². The van der Waals surface area contributed by atoms with E-state index in [0.717, 1.165) is 22.3 Å². The van der Waals surface area contributed by atoms with Gasteiger partial charge in [-0.15, -0.1) is 0 Å². The van der Waals surface area contributed by atoms with Gasteiger partial charge in [0.15, 0.2) is 0 Å². The molecule has 0 aliphatic rings. The Hall–Kier alpha value is -2.75. The average molecular weight is 262 g/mol. The molecule has 0 fully saturated rings. The summed E-state index contributed by atoms with van der Waals surface area (Å²) in [5.41, 5.74) is 7.93. The van der Waals surface area contributed by atoms with Gasteiger partial charge >= 0.3 is 0 Å². The van der Waals surface area contributed by atoms with Gasteiger partial charge in [-0.05, 0) is 42.3 Å². The molecule has 20 heavy (non-hydrogen) atoms. The van der Waals surface area contributed by atoms with Crippen LogP contribution in [-0.4, -0.2) is 16.2 Å². The van der Waals surface area contributed by atoms with Gasteiger partial charge in [0.05, 0.1) is 22.9 Å². The molecule has 4 heteroatoms. The number of aromatic nitrogens is 2. The van der Waals surface area contributed by atoms with Crippen molar-refractivity contribution in [1.82, 2.24) is 9.97 Å². The zero-order chi connectivity index (χ0) is 13.8. The molecule has 0 saturated carbocycles. The summed E-state index contributed by atoms with van der Waals surface area (Å²) in [5.74, 6) is 0. The lowest BCUT2D eigenvalue weighted by molar-refractivity contribution is 1.29. The molecule has 0 unspecified atom stereocenters. The highest BCUT2D eigenvalue weighted by Gasteiger charge is 1.96. The van der Waals surface area contributed by atoms with E-state index < -0.39 is 0 Å². The lowest BCUT2D eigenvalue weighted by atomic mass is 10.2. The van der Waals surface area contributed by atoms with Crippen LogP contribution in [0.5, 0.6) is 0 Å². The number of rotatable bonds is 3. The minimum absolute atomic E-state index is 0.868. The molecule has 2 aromatic carbocycles. The fraction of sp³-hybridized carbons (Fsp3) is 0.0625. The quantitative estimate of drug-likeness (QED) is 0.581. The molecule has 0 bridgehead atoms. The lowest BCUT2D eigenvalue weighted by Gasteiger charge is -2.01. The van der Waals surface area contributed by atoms with E-state index in [4.69, 9.17) is 0 Å². The SMILES string of the molecule is Cc1cccc(N/N=C/c2ccc3nccnc3c2)c1. The normalized spacial score (nSPS) is 11.1. The van der Waals surface area contributed by atoms with E-state index in [1.165, 1.54) is 5.56 Å². The summed E-state index contributed by atoms with van der Waals surface area (Å²) in [4.78, 5) is 8.51. The highest BCUT2D eigenvalue weighted by Crippen LogP contribution is 2.11. The van der Waals surface area contributed by atoms with Gasteiger partial charge < -0.3 is 0 Å². The summed E-state index contributed by atoms with van der Waals surface area (Å²) in [5, 5.41) is 4.24. The van der Waals surface area contributed by atoms with Crippen LogP contribution in [-0.2, 0) is 0 Å². The molecule has 4 nitrogen and oxygen atoms in total. The number of hydrazone groups is 1. The topological polar surface area (TPSA) is 50.2 Å². The van der Waals surface area contributed by atoms with E-state index in [2.05, 4.69) is 33.5 Å². The van der Waals surface area contributed by atoms with Crippen LogP contribution < -0.4 is 5.43 Å². The van der Waals surface area contributed by atoms with Crippen LogP contribution in [0.15, 0.2) is 60.0 Å². The molecule has 1 heterocycles. The summed E-state index contributed by atoms with van der Waals surface area (Å²) in [6, 6.07) is 14.0. The maximum absolute atomic E-state index is 4.28. The largest absolute Gasteiger partial charge is 0.278 e. The van der Waals surface area contributed by atoms with Crippen molar-refractivity contribution in [3.63, 3.8) is 0 Å². The number of benzene rings is 2. The van der Waals surface area contributed by atoms with Crippen molar-refractivity contribution in [2.24, 2.45) is 5.10 Å². The maximum atomic E-state index is 4.28. The van der Waals surface area contributed by atoms with Crippen molar-refractivity contribution in [3.05, 3.63) is 66.0 Å². The van der Waals surface area contributed by atoms with E-state index in [1.807, 2.05) is 36.4 Å². The third-order valence-electron chi connectivity index (χ3n) is 2.92. The molecule has 3 aromatic rings. The molecule has 98 valence electrons. The molecule has 0 atom stereocenters. The zero-order valence-electron chi connectivity index (χ0n) is 11.1. The fourth-order valence-corrected chi connectivity index (χ4v) is 1.96. The van der Waals surface area contributed by atoms with Gasteiger partial charge in [0.1, 0.15) is 0 Å². The molecular formula is C16H14N4. The number of hydrogen-bond acceptors (Lipinski definition) is 4. The number of nitrogens with one attached hydrogen (secondary N) is 1. The van der Waals surface area contributed by atoms with Crippen molar-refractivity contribution in [2.45, 2.75) is 6.92 Å². The predicted octanol–water partition coefficient (Wildman–Crippen LogP) is 3.38.